The Labute approximate surface area is 170 Å². The lowest BCUT2D eigenvalue weighted by Crippen LogP contribution is -2.38. The van der Waals surface area contributed by atoms with Gasteiger partial charge in [0.15, 0.2) is 0 Å². The van der Waals surface area contributed by atoms with E-state index >= 15 is 0 Å². The Morgan fingerprint density at radius 1 is 1.38 bits per heavy atom. The van der Waals surface area contributed by atoms with Gasteiger partial charge in [-0.3, -0.25) is 14.3 Å². The fraction of sp³-hybridized carbons (Fsp3) is 0.353. The van der Waals surface area contributed by atoms with Gasteiger partial charge in [0.2, 0.25) is 6.41 Å². The molecule has 2 rings (SSSR count). The molecule has 0 atom stereocenters. The molecular weight excluding hydrogens is 411 g/mol. The molecule has 0 spiro atoms. The summed E-state index contributed by atoms with van der Waals surface area (Å²) in [5.74, 6) is -0.791. The highest BCUT2D eigenvalue weighted by atomic mass is 32.2. The van der Waals surface area contributed by atoms with E-state index in [2.05, 4.69) is 15.2 Å². The summed E-state index contributed by atoms with van der Waals surface area (Å²) in [5, 5.41) is 14.3. The van der Waals surface area contributed by atoms with Crippen LogP contribution >= 0.6 is 11.9 Å². The van der Waals surface area contributed by atoms with Crippen molar-refractivity contribution < 1.29 is 27.9 Å². The first-order valence-electron chi connectivity index (χ1n) is 8.25. The number of aromatic nitrogens is 2. The van der Waals surface area contributed by atoms with E-state index in [1.54, 1.807) is 13.2 Å². The maximum atomic E-state index is 13.6. The summed E-state index contributed by atoms with van der Waals surface area (Å²) >= 11 is 0.996. The van der Waals surface area contributed by atoms with Crippen molar-refractivity contribution in [3.05, 3.63) is 35.5 Å². The van der Waals surface area contributed by atoms with Crippen molar-refractivity contribution in [1.29, 1.82) is 0 Å². The lowest BCUT2D eigenvalue weighted by atomic mass is 9.98. The average molecular weight is 433 g/mol. The van der Waals surface area contributed by atoms with E-state index in [9.17, 15) is 22.8 Å². The number of nitrogens with zero attached hydrogens (tertiary/aromatic N) is 3. The zero-order valence-electron chi connectivity index (χ0n) is 16.2. The summed E-state index contributed by atoms with van der Waals surface area (Å²) in [4.78, 5) is 26.3. The van der Waals surface area contributed by atoms with Gasteiger partial charge in [0, 0.05) is 38.1 Å². The lowest BCUT2D eigenvalue weighted by Gasteiger charge is -2.21. The number of hydrogen-bond acceptors (Lipinski definition) is 7. The number of anilines is 1. The van der Waals surface area contributed by atoms with E-state index in [0.717, 1.165) is 31.2 Å². The topological polar surface area (TPSA) is 99.5 Å². The number of nitrogens with one attached hydrogen (secondary N) is 2. The Bertz CT molecular complexity index is 842. The summed E-state index contributed by atoms with van der Waals surface area (Å²) < 4.78 is 42.3. The number of halogens is 3. The highest BCUT2D eigenvalue weighted by Crippen LogP contribution is 2.40. The number of imide groups is 1. The normalized spacial score (nSPS) is 10.8. The van der Waals surface area contributed by atoms with Crippen molar-refractivity contribution in [3.63, 3.8) is 0 Å². The van der Waals surface area contributed by atoms with Crippen molar-refractivity contribution in [3.8, 4) is 11.3 Å². The molecule has 1 aromatic heterocycles. The molecule has 0 saturated heterocycles. The molecule has 1 aromatic carbocycles. The number of aliphatic hydroxyl groups is 1. The van der Waals surface area contributed by atoms with Crippen LogP contribution in [0.1, 0.15) is 22.8 Å². The second-order valence-corrected chi connectivity index (χ2v) is 5.89. The Balaban J connectivity index is 0.00000204. The minimum atomic E-state index is -4.65. The third kappa shape index (κ3) is 5.49. The van der Waals surface area contributed by atoms with Gasteiger partial charge in [-0.05, 0) is 31.4 Å². The summed E-state index contributed by atoms with van der Waals surface area (Å²) in [6.07, 6.45) is -1.40. The molecule has 3 N–H and O–H groups in total. The van der Waals surface area contributed by atoms with Gasteiger partial charge in [-0.2, -0.15) is 23.1 Å². The van der Waals surface area contributed by atoms with Crippen LogP contribution in [0.3, 0.4) is 0 Å². The van der Waals surface area contributed by atoms with Crippen LogP contribution in [0.25, 0.3) is 11.3 Å². The molecule has 8 nitrogen and oxygen atoms in total. The molecule has 160 valence electrons. The fourth-order valence-electron chi connectivity index (χ4n) is 2.58. The van der Waals surface area contributed by atoms with E-state index < -0.39 is 17.6 Å². The van der Waals surface area contributed by atoms with Crippen molar-refractivity contribution in [1.82, 2.24) is 19.6 Å². The Morgan fingerprint density at radius 2 is 2.03 bits per heavy atom. The Morgan fingerprint density at radius 3 is 2.52 bits per heavy atom. The number of hydrogen-bond donors (Lipinski definition) is 3. The quantitative estimate of drug-likeness (QED) is 0.351. The van der Waals surface area contributed by atoms with Crippen LogP contribution in [0.15, 0.2) is 24.4 Å². The van der Waals surface area contributed by atoms with Crippen molar-refractivity contribution in [2.24, 2.45) is 0 Å². The summed E-state index contributed by atoms with van der Waals surface area (Å²) in [6, 6.07) is 3.43. The predicted octanol–water partition coefficient (Wildman–Crippen LogP) is 2.62. The number of alkyl halides is 3. The molecule has 29 heavy (non-hydrogen) atoms. The highest BCUT2D eigenvalue weighted by molar-refractivity contribution is 7.96. The first-order chi connectivity index (χ1) is 13.8. The zero-order valence-corrected chi connectivity index (χ0v) is 17.1. The van der Waals surface area contributed by atoms with Crippen LogP contribution in [0.5, 0.6) is 0 Å². The zero-order chi connectivity index (χ0) is 22.2. The molecule has 0 aliphatic carbocycles. The third-order valence-corrected chi connectivity index (χ3v) is 4.15. The number of carbonyl (C=O) groups excluding carboxylic acids is 2. The number of amides is 2. The molecule has 2 aromatic rings. The average Bonchev–Trinajstić information content (AvgIpc) is 3.20. The van der Waals surface area contributed by atoms with E-state index in [4.69, 9.17) is 5.11 Å². The SMILES string of the molecule is CCn1nccc1-c1cc(C(=O)N(C=O)NSC)c(NC)cc1C(F)(F)F.CO. The number of aryl methyl sites for hydroxylation is 1. The monoisotopic (exact) mass is 433 g/mol. The van der Waals surface area contributed by atoms with Gasteiger partial charge in [-0.1, -0.05) is 11.9 Å². The second-order valence-electron chi connectivity index (χ2n) is 5.30. The standard InChI is InChI=1S/C16H18F3N5O2S.CH4O/c1-4-23-14(5-6-21-23)10-7-11(15(26)24(9-25)22-27-3)13(20-2)8-12(10)16(17,18)19;1-2/h5-9,20,22H,4H2,1-3H3;2H,1H3. The predicted molar refractivity (Wildman–Crippen MR) is 105 cm³/mol. The molecular formula is C17H22F3N5O3S. The van der Waals surface area contributed by atoms with Crippen LogP contribution in [0.2, 0.25) is 0 Å². The van der Waals surface area contributed by atoms with Gasteiger partial charge in [-0.25, -0.2) is 5.01 Å². The largest absolute Gasteiger partial charge is 0.417 e. The van der Waals surface area contributed by atoms with Crippen LogP contribution in [-0.4, -0.2) is 52.6 Å². The maximum Gasteiger partial charge on any atom is 0.417 e. The number of rotatable bonds is 7. The van der Waals surface area contributed by atoms with Gasteiger partial charge in [0.05, 0.1) is 16.8 Å². The second kappa shape index (κ2) is 10.8. The third-order valence-electron chi connectivity index (χ3n) is 3.77. The molecule has 0 fully saturated rings. The summed E-state index contributed by atoms with van der Waals surface area (Å²) in [5.41, 5.74) is -1.02. The lowest BCUT2D eigenvalue weighted by molar-refractivity contribution is -0.137. The number of hydrazine groups is 1. The summed E-state index contributed by atoms with van der Waals surface area (Å²) in [6.45, 7) is 2.10. The number of benzene rings is 1. The van der Waals surface area contributed by atoms with Crippen molar-refractivity contribution in [2.45, 2.75) is 19.6 Å². The molecule has 2 amide bonds. The highest BCUT2D eigenvalue weighted by Gasteiger charge is 2.36. The van der Waals surface area contributed by atoms with Gasteiger partial charge in [-0.15, -0.1) is 0 Å². The van der Waals surface area contributed by atoms with Crippen molar-refractivity contribution >= 4 is 30.0 Å². The van der Waals surface area contributed by atoms with E-state index in [1.165, 1.54) is 24.0 Å². The molecule has 12 heteroatoms. The van der Waals surface area contributed by atoms with Gasteiger partial charge in [0.1, 0.15) is 0 Å². The molecule has 0 aliphatic heterocycles. The fourth-order valence-corrected chi connectivity index (χ4v) is 2.90. The smallest absolute Gasteiger partial charge is 0.400 e. The van der Waals surface area contributed by atoms with E-state index in [-0.39, 0.29) is 28.9 Å². The van der Waals surface area contributed by atoms with E-state index in [1.807, 2.05) is 0 Å². The molecule has 0 unspecified atom stereocenters. The van der Waals surface area contributed by atoms with E-state index in [0.29, 0.717) is 11.6 Å². The van der Waals surface area contributed by atoms with Crippen LogP contribution < -0.4 is 10.1 Å². The number of carbonyl (C=O) groups is 2. The summed E-state index contributed by atoms with van der Waals surface area (Å²) in [7, 11) is 2.40. The molecule has 0 radical (unpaired) electrons. The Kier molecular flexibility index (Phi) is 9.14. The van der Waals surface area contributed by atoms with Gasteiger partial charge >= 0.3 is 6.18 Å². The van der Waals surface area contributed by atoms with Gasteiger partial charge < -0.3 is 10.4 Å². The maximum absolute atomic E-state index is 13.6. The van der Waals surface area contributed by atoms with Crippen LogP contribution in [0.4, 0.5) is 18.9 Å². The molecule has 0 saturated carbocycles. The molecule has 0 bridgehead atoms. The number of aliphatic hydroxyl groups excluding tert-OH is 1. The first-order valence-corrected chi connectivity index (χ1v) is 9.48. The first kappa shape index (κ1) is 24.5. The molecule has 1 heterocycles. The van der Waals surface area contributed by atoms with Crippen LogP contribution in [0, 0.1) is 0 Å². The van der Waals surface area contributed by atoms with Crippen LogP contribution in [-0.2, 0) is 17.5 Å². The molecule has 0 aliphatic rings. The minimum absolute atomic E-state index is 0.0478. The van der Waals surface area contributed by atoms with Gasteiger partial charge in [0.25, 0.3) is 5.91 Å². The minimum Gasteiger partial charge on any atom is -0.400 e. The van der Waals surface area contributed by atoms with Crippen molar-refractivity contribution in [2.75, 3.05) is 25.7 Å². The Hall–Kier alpha value is -2.57.